The van der Waals surface area contributed by atoms with E-state index in [0.717, 1.165) is 5.56 Å². The fourth-order valence-electron chi connectivity index (χ4n) is 1.02. The van der Waals surface area contributed by atoms with Crippen LogP contribution in [0, 0.1) is 0 Å². The normalized spacial score (nSPS) is 11.1. The summed E-state index contributed by atoms with van der Waals surface area (Å²) in [5.74, 6) is 0. The average Bonchev–Trinajstić information content (AvgIpc) is 2.19. The molecule has 1 aromatic carbocycles. The maximum atomic E-state index is 10.2. The molecule has 13 heavy (non-hydrogen) atoms. The predicted molar refractivity (Wildman–Crippen MR) is 50.0 cm³/mol. The van der Waals surface area contributed by atoms with Crippen molar-refractivity contribution in [2.75, 3.05) is 0 Å². The van der Waals surface area contributed by atoms with Gasteiger partial charge in [0, 0.05) is 6.08 Å². The molecule has 2 nitrogen and oxygen atoms in total. The summed E-state index contributed by atoms with van der Waals surface area (Å²) >= 11 is 0. The minimum Gasteiger partial charge on any atom is -0.455 e. The molecular weight excluding hydrogens is 164 g/mol. The second kappa shape index (κ2) is 4.96. The maximum Gasteiger partial charge on any atom is 0.294 e. The molecular formula is C11H10O2. The van der Waals surface area contributed by atoms with Crippen molar-refractivity contribution < 1.29 is 9.53 Å². The first kappa shape index (κ1) is 9.30. The third-order valence-corrected chi connectivity index (χ3v) is 1.60. The van der Waals surface area contributed by atoms with E-state index in [0.29, 0.717) is 6.47 Å². The summed E-state index contributed by atoms with van der Waals surface area (Å²) in [6, 6.07) is 9.42. The lowest BCUT2D eigenvalue weighted by Crippen LogP contribution is -1.98. The van der Waals surface area contributed by atoms with Crippen LogP contribution in [0.2, 0.25) is 0 Å². The van der Waals surface area contributed by atoms with E-state index in [9.17, 15) is 4.79 Å². The number of carbonyl (C=O) groups is 1. The molecule has 0 N–H and O–H groups in total. The van der Waals surface area contributed by atoms with Crippen molar-refractivity contribution in [3.8, 4) is 0 Å². The van der Waals surface area contributed by atoms with E-state index in [4.69, 9.17) is 4.74 Å². The van der Waals surface area contributed by atoms with Crippen molar-refractivity contribution in [3.63, 3.8) is 0 Å². The Balaban J connectivity index is 2.87. The van der Waals surface area contributed by atoms with Gasteiger partial charge >= 0.3 is 0 Å². The first-order valence-electron chi connectivity index (χ1n) is 3.88. The molecule has 0 heterocycles. The summed E-state index contributed by atoms with van der Waals surface area (Å²) in [7, 11) is 0. The van der Waals surface area contributed by atoms with Gasteiger partial charge in [-0.3, -0.25) is 4.79 Å². The fourth-order valence-corrected chi connectivity index (χ4v) is 1.02. The highest BCUT2D eigenvalue weighted by molar-refractivity contribution is 5.39. The van der Waals surface area contributed by atoms with Gasteiger partial charge in [0.05, 0.1) is 0 Å². The zero-order valence-corrected chi connectivity index (χ0v) is 7.14. The zero-order valence-electron chi connectivity index (χ0n) is 7.14. The Morgan fingerprint density at radius 3 is 2.62 bits per heavy atom. The first-order chi connectivity index (χ1) is 6.38. The van der Waals surface area contributed by atoms with Gasteiger partial charge in [-0.15, -0.1) is 5.73 Å². The molecule has 0 aliphatic carbocycles. The van der Waals surface area contributed by atoms with Crippen LogP contribution in [-0.4, -0.2) is 6.47 Å². The summed E-state index contributed by atoms with van der Waals surface area (Å²) in [6.07, 6.45) is 1.22. The number of benzene rings is 1. The van der Waals surface area contributed by atoms with Crippen molar-refractivity contribution in [3.05, 3.63) is 54.3 Å². The quantitative estimate of drug-likeness (QED) is 0.517. The van der Waals surface area contributed by atoms with E-state index in [1.807, 2.05) is 30.3 Å². The molecule has 1 atom stereocenters. The Morgan fingerprint density at radius 2 is 2.08 bits per heavy atom. The monoisotopic (exact) mass is 174 g/mol. The Morgan fingerprint density at radius 1 is 1.38 bits per heavy atom. The SMILES string of the molecule is C=C=CC(OC=O)c1ccccc1. The summed E-state index contributed by atoms with van der Waals surface area (Å²) < 4.78 is 4.83. The molecule has 0 saturated carbocycles. The first-order valence-corrected chi connectivity index (χ1v) is 3.88. The molecule has 2 heteroatoms. The highest BCUT2D eigenvalue weighted by Crippen LogP contribution is 2.16. The molecule has 0 aromatic heterocycles. The van der Waals surface area contributed by atoms with Crippen LogP contribution in [0.15, 0.2) is 48.7 Å². The van der Waals surface area contributed by atoms with Crippen LogP contribution in [-0.2, 0) is 9.53 Å². The Kier molecular flexibility index (Phi) is 3.55. The molecule has 0 bridgehead atoms. The largest absolute Gasteiger partial charge is 0.455 e. The van der Waals surface area contributed by atoms with E-state index in [1.165, 1.54) is 0 Å². The number of carbonyl (C=O) groups excluding carboxylic acids is 1. The lowest BCUT2D eigenvalue weighted by molar-refractivity contribution is -0.131. The summed E-state index contributed by atoms with van der Waals surface area (Å²) in [4.78, 5) is 10.2. The van der Waals surface area contributed by atoms with E-state index < -0.39 is 0 Å². The van der Waals surface area contributed by atoms with Crippen molar-refractivity contribution >= 4 is 6.47 Å². The van der Waals surface area contributed by atoms with Gasteiger partial charge in [0.2, 0.25) is 0 Å². The standard InChI is InChI=1S/C11H10O2/c1-2-6-11(13-9-12)10-7-4-3-5-8-10/h3-9,11H,1H2. The van der Waals surface area contributed by atoms with Crippen LogP contribution >= 0.6 is 0 Å². The van der Waals surface area contributed by atoms with Crippen LogP contribution in [0.5, 0.6) is 0 Å². The van der Waals surface area contributed by atoms with Crippen LogP contribution in [0.3, 0.4) is 0 Å². The smallest absolute Gasteiger partial charge is 0.294 e. The van der Waals surface area contributed by atoms with Gasteiger partial charge in [0.15, 0.2) is 6.10 Å². The zero-order chi connectivity index (χ0) is 9.52. The predicted octanol–water partition coefficient (Wildman–Crippen LogP) is 2.24. The second-order valence-corrected chi connectivity index (χ2v) is 2.43. The molecule has 0 spiro atoms. The summed E-state index contributed by atoms with van der Waals surface area (Å²) in [5.41, 5.74) is 3.50. The minimum absolute atomic E-state index is 0.379. The molecule has 1 rings (SSSR count). The summed E-state index contributed by atoms with van der Waals surface area (Å²) in [5, 5.41) is 0. The number of ether oxygens (including phenoxy) is 1. The molecule has 0 radical (unpaired) electrons. The molecule has 0 fully saturated rings. The van der Waals surface area contributed by atoms with Gasteiger partial charge in [-0.2, -0.15) is 0 Å². The molecule has 1 unspecified atom stereocenters. The van der Waals surface area contributed by atoms with Gasteiger partial charge in [0.1, 0.15) is 0 Å². The van der Waals surface area contributed by atoms with Gasteiger partial charge in [-0.1, -0.05) is 36.9 Å². The van der Waals surface area contributed by atoms with E-state index in [1.54, 1.807) is 6.08 Å². The van der Waals surface area contributed by atoms with Crippen LogP contribution in [0.4, 0.5) is 0 Å². The third kappa shape index (κ3) is 2.62. The van der Waals surface area contributed by atoms with Crippen LogP contribution in [0.1, 0.15) is 11.7 Å². The summed E-state index contributed by atoms with van der Waals surface area (Å²) in [6.45, 7) is 3.85. The molecule has 0 aliphatic heterocycles. The van der Waals surface area contributed by atoms with Gasteiger partial charge < -0.3 is 4.74 Å². The number of hydrogen-bond acceptors (Lipinski definition) is 2. The Labute approximate surface area is 77.2 Å². The van der Waals surface area contributed by atoms with Crippen molar-refractivity contribution in [1.82, 2.24) is 0 Å². The fraction of sp³-hybridized carbons (Fsp3) is 0.0909. The van der Waals surface area contributed by atoms with Crippen LogP contribution in [0.25, 0.3) is 0 Å². The van der Waals surface area contributed by atoms with Gasteiger partial charge in [-0.05, 0) is 5.56 Å². The molecule has 0 saturated heterocycles. The van der Waals surface area contributed by atoms with E-state index in [2.05, 4.69) is 12.3 Å². The highest BCUT2D eigenvalue weighted by Gasteiger charge is 2.06. The Bertz CT molecular complexity index is 310. The Hall–Kier alpha value is -1.79. The second-order valence-electron chi connectivity index (χ2n) is 2.43. The maximum absolute atomic E-state index is 10.2. The van der Waals surface area contributed by atoms with Crippen molar-refractivity contribution in [2.45, 2.75) is 6.10 Å². The average molecular weight is 174 g/mol. The number of hydrogen-bond donors (Lipinski definition) is 0. The van der Waals surface area contributed by atoms with E-state index >= 15 is 0 Å². The van der Waals surface area contributed by atoms with Crippen LogP contribution < -0.4 is 0 Å². The number of rotatable bonds is 4. The van der Waals surface area contributed by atoms with Crippen molar-refractivity contribution in [1.29, 1.82) is 0 Å². The molecule has 0 amide bonds. The molecule has 1 aromatic rings. The van der Waals surface area contributed by atoms with E-state index in [-0.39, 0.29) is 6.10 Å². The third-order valence-electron chi connectivity index (χ3n) is 1.60. The molecule has 66 valence electrons. The lowest BCUT2D eigenvalue weighted by Gasteiger charge is -2.09. The van der Waals surface area contributed by atoms with Crippen molar-refractivity contribution in [2.24, 2.45) is 0 Å². The topological polar surface area (TPSA) is 26.3 Å². The van der Waals surface area contributed by atoms with Gasteiger partial charge in [0.25, 0.3) is 6.47 Å². The minimum atomic E-state index is -0.379. The lowest BCUT2D eigenvalue weighted by atomic mass is 10.1. The molecule has 0 aliphatic rings. The van der Waals surface area contributed by atoms with Gasteiger partial charge in [-0.25, -0.2) is 0 Å². The highest BCUT2D eigenvalue weighted by atomic mass is 16.5.